The van der Waals surface area contributed by atoms with Crippen LogP contribution >= 0.6 is 11.6 Å². The number of nitrogens with zero attached hydrogens (tertiary/aromatic N) is 1. The molecule has 1 N–H and O–H groups in total. The Hall–Kier alpha value is -2.42. The van der Waals surface area contributed by atoms with Crippen LogP contribution in [0.25, 0.3) is 0 Å². The summed E-state index contributed by atoms with van der Waals surface area (Å²) in [4.78, 5) is 26.2. The van der Waals surface area contributed by atoms with Gasteiger partial charge in [-0.3, -0.25) is 9.59 Å². The van der Waals surface area contributed by atoms with Gasteiger partial charge >= 0.3 is 5.97 Å². The van der Waals surface area contributed by atoms with Crippen molar-refractivity contribution in [1.29, 1.82) is 0 Å². The maximum absolute atomic E-state index is 13.2. The van der Waals surface area contributed by atoms with Crippen LogP contribution in [0.2, 0.25) is 5.02 Å². The number of carbonyl (C=O) groups excluding carboxylic acids is 2. The number of rotatable bonds is 8. The van der Waals surface area contributed by atoms with Crippen molar-refractivity contribution in [3.63, 3.8) is 0 Å². The normalized spacial score (nSPS) is 11.8. The number of carbonyl (C=O) groups is 2. The minimum Gasteiger partial charge on any atom is -0.469 e. The van der Waals surface area contributed by atoms with Gasteiger partial charge in [0.15, 0.2) is 0 Å². The Labute approximate surface area is 188 Å². The lowest BCUT2D eigenvalue weighted by Crippen LogP contribution is -2.40. The number of benzene rings is 2. The smallest absolute Gasteiger partial charge is 0.307 e. The summed E-state index contributed by atoms with van der Waals surface area (Å²) in [6.45, 7) is 5.50. The maximum Gasteiger partial charge on any atom is 0.307 e. The van der Waals surface area contributed by atoms with Gasteiger partial charge in [-0.05, 0) is 44.5 Å². The second kappa shape index (κ2) is 10.3. The molecule has 0 unspecified atom stereocenters. The van der Waals surface area contributed by atoms with Crippen molar-refractivity contribution >= 4 is 33.5 Å². The molecule has 0 radical (unpaired) electrons. The summed E-state index contributed by atoms with van der Waals surface area (Å²) in [6.07, 6.45) is 0.0133. The number of halogens is 1. The second-order valence-electron chi connectivity index (χ2n) is 8.04. The van der Waals surface area contributed by atoms with E-state index in [0.717, 1.165) is 5.56 Å². The fraction of sp³-hybridized carbons (Fsp3) is 0.364. The number of sulfonamides is 1. The average Bonchev–Trinajstić information content (AvgIpc) is 2.69. The molecule has 1 amide bonds. The molecule has 0 heterocycles. The molecule has 0 aliphatic rings. The van der Waals surface area contributed by atoms with Gasteiger partial charge in [-0.2, -0.15) is 0 Å². The van der Waals surface area contributed by atoms with Gasteiger partial charge < -0.3 is 9.64 Å². The third-order valence-electron chi connectivity index (χ3n) is 4.23. The summed E-state index contributed by atoms with van der Waals surface area (Å²) < 4.78 is 32.8. The third-order valence-corrected chi connectivity index (χ3v) is 6.46. The van der Waals surface area contributed by atoms with Crippen molar-refractivity contribution in [2.24, 2.45) is 0 Å². The molecule has 0 saturated carbocycles. The molecular weight excluding hydrogens is 440 g/mol. The van der Waals surface area contributed by atoms with E-state index in [9.17, 15) is 18.0 Å². The van der Waals surface area contributed by atoms with Crippen LogP contribution in [-0.2, 0) is 26.1 Å². The average molecular weight is 467 g/mol. The van der Waals surface area contributed by atoms with Gasteiger partial charge in [0.05, 0.1) is 18.6 Å². The summed E-state index contributed by atoms with van der Waals surface area (Å²) in [5.41, 5.74) is 0.304. The molecule has 0 fully saturated rings. The van der Waals surface area contributed by atoms with Crippen LogP contribution in [0, 0.1) is 0 Å². The van der Waals surface area contributed by atoms with Gasteiger partial charge in [0.2, 0.25) is 10.0 Å². The van der Waals surface area contributed by atoms with Crippen LogP contribution in [0.4, 0.5) is 0 Å². The summed E-state index contributed by atoms with van der Waals surface area (Å²) >= 11 is 6.14. The molecular formula is C22H27ClN2O5S. The molecule has 0 aromatic heterocycles. The zero-order valence-electron chi connectivity index (χ0n) is 18.0. The molecule has 2 rings (SSSR count). The minimum absolute atomic E-state index is 0.0115. The SMILES string of the molecule is COC(=O)CCN(Cc1ccccc1)C(=O)c1ccc(Cl)c(S(=O)(=O)NC(C)(C)C)c1. The van der Waals surface area contributed by atoms with Gasteiger partial charge in [-0.1, -0.05) is 41.9 Å². The lowest BCUT2D eigenvalue weighted by Gasteiger charge is -2.24. The molecule has 0 aliphatic heterocycles. The van der Waals surface area contributed by atoms with Crippen LogP contribution in [-0.4, -0.2) is 44.4 Å². The summed E-state index contributed by atoms with van der Waals surface area (Å²) in [5, 5.41) is 0.0115. The molecule has 0 spiro atoms. The van der Waals surface area contributed by atoms with Crippen LogP contribution in [0.1, 0.15) is 43.1 Å². The van der Waals surface area contributed by atoms with E-state index in [1.165, 1.54) is 30.2 Å². The van der Waals surface area contributed by atoms with Gasteiger partial charge in [0.25, 0.3) is 5.91 Å². The van der Waals surface area contributed by atoms with Gasteiger partial charge in [-0.25, -0.2) is 13.1 Å². The van der Waals surface area contributed by atoms with Crippen molar-refractivity contribution in [3.05, 3.63) is 64.7 Å². The quantitative estimate of drug-likeness (QED) is 0.600. The topological polar surface area (TPSA) is 92.8 Å². The number of methoxy groups -OCH3 is 1. The van der Waals surface area contributed by atoms with Crippen molar-refractivity contribution < 1.29 is 22.7 Å². The lowest BCUT2D eigenvalue weighted by molar-refractivity contribution is -0.140. The first-order valence-electron chi connectivity index (χ1n) is 9.66. The van der Waals surface area contributed by atoms with Crippen molar-refractivity contribution in [2.45, 2.75) is 44.2 Å². The van der Waals surface area contributed by atoms with Crippen molar-refractivity contribution in [1.82, 2.24) is 9.62 Å². The molecule has 2 aromatic rings. The van der Waals surface area contributed by atoms with E-state index in [2.05, 4.69) is 9.46 Å². The molecule has 9 heteroatoms. The highest BCUT2D eigenvalue weighted by atomic mass is 35.5. The largest absolute Gasteiger partial charge is 0.469 e. The van der Waals surface area contributed by atoms with E-state index < -0.39 is 27.4 Å². The monoisotopic (exact) mass is 466 g/mol. The van der Waals surface area contributed by atoms with E-state index >= 15 is 0 Å². The molecule has 0 bridgehead atoms. The Bertz CT molecular complexity index is 1030. The Balaban J connectivity index is 2.38. The Morgan fingerprint density at radius 3 is 2.32 bits per heavy atom. The number of ether oxygens (including phenoxy) is 1. The number of nitrogens with one attached hydrogen (secondary N) is 1. The molecule has 168 valence electrons. The second-order valence-corrected chi connectivity index (χ2v) is 10.1. The van der Waals surface area contributed by atoms with Gasteiger partial charge in [0.1, 0.15) is 4.90 Å². The van der Waals surface area contributed by atoms with Crippen molar-refractivity contribution in [2.75, 3.05) is 13.7 Å². The van der Waals surface area contributed by atoms with Gasteiger partial charge in [0, 0.05) is 24.2 Å². The predicted molar refractivity (Wildman–Crippen MR) is 119 cm³/mol. The zero-order chi connectivity index (χ0) is 23.2. The Morgan fingerprint density at radius 1 is 1.10 bits per heavy atom. The third kappa shape index (κ3) is 7.34. The summed E-state index contributed by atoms with van der Waals surface area (Å²) in [7, 11) is -2.66. The highest BCUT2D eigenvalue weighted by Crippen LogP contribution is 2.25. The predicted octanol–water partition coefficient (Wildman–Crippen LogP) is 3.62. The van der Waals surface area contributed by atoms with Crippen LogP contribution in [0.3, 0.4) is 0 Å². The summed E-state index contributed by atoms with van der Waals surface area (Å²) in [6, 6.07) is 13.4. The van der Waals surface area contributed by atoms with E-state index in [1.54, 1.807) is 20.8 Å². The first-order valence-corrected chi connectivity index (χ1v) is 11.5. The van der Waals surface area contributed by atoms with Crippen LogP contribution in [0.15, 0.2) is 53.4 Å². The standard InChI is InChI=1S/C22H27ClN2O5S/c1-22(2,3)24-31(28,29)19-14-17(10-11-18(19)23)21(27)25(13-12-20(26)30-4)15-16-8-6-5-7-9-16/h5-11,14,24H,12-13,15H2,1-4H3. The molecule has 31 heavy (non-hydrogen) atoms. The minimum atomic E-state index is -3.95. The number of hydrogen-bond acceptors (Lipinski definition) is 5. The highest BCUT2D eigenvalue weighted by Gasteiger charge is 2.26. The van der Waals surface area contributed by atoms with E-state index in [1.807, 2.05) is 30.3 Å². The fourth-order valence-corrected chi connectivity index (χ4v) is 4.81. The van der Waals surface area contributed by atoms with Crippen LogP contribution in [0.5, 0.6) is 0 Å². The van der Waals surface area contributed by atoms with E-state index in [4.69, 9.17) is 11.6 Å². The fourth-order valence-electron chi connectivity index (χ4n) is 2.87. The zero-order valence-corrected chi connectivity index (χ0v) is 19.6. The summed E-state index contributed by atoms with van der Waals surface area (Å²) in [5.74, 6) is -0.865. The number of amides is 1. The van der Waals surface area contributed by atoms with Gasteiger partial charge in [-0.15, -0.1) is 0 Å². The molecule has 0 saturated heterocycles. The molecule has 7 nitrogen and oxygen atoms in total. The van der Waals surface area contributed by atoms with E-state index in [0.29, 0.717) is 0 Å². The van der Waals surface area contributed by atoms with Crippen LogP contribution < -0.4 is 4.72 Å². The Morgan fingerprint density at radius 2 is 1.74 bits per heavy atom. The van der Waals surface area contributed by atoms with E-state index in [-0.39, 0.29) is 35.0 Å². The molecule has 2 aromatic carbocycles. The number of esters is 1. The molecule has 0 atom stereocenters. The highest BCUT2D eigenvalue weighted by molar-refractivity contribution is 7.89. The van der Waals surface area contributed by atoms with Crippen molar-refractivity contribution in [3.8, 4) is 0 Å². The molecule has 0 aliphatic carbocycles. The number of hydrogen-bond donors (Lipinski definition) is 1. The first kappa shape index (κ1) is 24.8. The lowest BCUT2D eigenvalue weighted by atomic mass is 10.1. The Kier molecular flexibility index (Phi) is 8.22. The maximum atomic E-state index is 13.2. The first-order chi connectivity index (χ1) is 14.4.